The molecule has 0 unspecified atom stereocenters. The Morgan fingerprint density at radius 2 is 1.83 bits per heavy atom. The fraction of sp³-hybridized carbons (Fsp3) is 0.500. The number of thioether (sulfide) groups is 1. The number of sulfonamides is 1. The fourth-order valence-corrected chi connectivity index (χ4v) is 7.58. The third-order valence-corrected chi connectivity index (χ3v) is 9.29. The molecule has 1 amide bonds. The number of thiophene rings is 1. The molecule has 2 aliphatic heterocycles. The maximum Gasteiger partial charge on any atom is 0.263 e. The van der Waals surface area contributed by atoms with E-state index in [4.69, 9.17) is 0 Å². The molecular weight excluding hydrogens is 440 g/mol. The van der Waals surface area contributed by atoms with E-state index in [1.54, 1.807) is 23.3 Å². The lowest BCUT2D eigenvalue weighted by Crippen LogP contribution is -2.38. The number of rotatable bonds is 6. The van der Waals surface area contributed by atoms with Crippen LogP contribution in [0.4, 0.5) is 5.82 Å². The van der Waals surface area contributed by atoms with Crippen LogP contribution in [0.25, 0.3) is 0 Å². The van der Waals surface area contributed by atoms with Gasteiger partial charge in [-0.05, 0) is 42.3 Å². The van der Waals surface area contributed by atoms with Gasteiger partial charge in [-0.2, -0.15) is 16.1 Å². The second-order valence-corrected chi connectivity index (χ2v) is 11.4. The summed E-state index contributed by atoms with van der Waals surface area (Å²) < 4.78 is 27.4. The molecule has 30 heavy (non-hydrogen) atoms. The van der Waals surface area contributed by atoms with E-state index in [0.717, 1.165) is 47.3 Å². The van der Waals surface area contributed by atoms with Crippen molar-refractivity contribution in [3.63, 3.8) is 0 Å². The number of carbonyl (C=O) groups excluding carboxylic acids is 1. The number of amides is 1. The van der Waals surface area contributed by atoms with Crippen molar-refractivity contribution in [2.75, 3.05) is 42.6 Å². The molecule has 7 nitrogen and oxygen atoms in total. The van der Waals surface area contributed by atoms with Gasteiger partial charge in [0.15, 0.2) is 0 Å². The van der Waals surface area contributed by atoms with Crippen molar-refractivity contribution >= 4 is 44.8 Å². The van der Waals surface area contributed by atoms with Crippen LogP contribution in [0.1, 0.15) is 34.5 Å². The van der Waals surface area contributed by atoms with Crippen LogP contribution in [0.2, 0.25) is 0 Å². The molecular formula is C20H26N4O3S3. The van der Waals surface area contributed by atoms with Crippen LogP contribution < -0.4 is 10.2 Å². The molecule has 2 fully saturated rings. The Balaban J connectivity index is 1.40. The summed E-state index contributed by atoms with van der Waals surface area (Å²) in [5.74, 6) is 2.17. The van der Waals surface area contributed by atoms with Gasteiger partial charge in [-0.3, -0.25) is 4.79 Å². The molecule has 1 N–H and O–H groups in total. The molecule has 0 aliphatic carbocycles. The Labute approximate surface area is 185 Å². The summed E-state index contributed by atoms with van der Waals surface area (Å²) in [4.78, 5) is 19.9. The highest BCUT2D eigenvalue weighted by Gasteiger charge is 2.31. The maximum absolute atomic E-state index is 13.0. The Bertz CT molecular complexity index is 963. The summed E-state index contributed by atoms with van der Waals surface area (Å²) in [7, 11) is -3.64. The van der Waals surface area contributed by atoms with E-state index < -0.39 is 10.0 Å². The van der Waals surface area contributed by atoms with E-state index in [0.29, 0.717) is 19.6 Å². The number of aromatic nitrogens is 1. The van der Waals surface area contributed by atoms with Gasteiger partial charge in [0.05, 0.1) is 0 Å². The average Bonchev–Trinajstić information content (AvgIpc) is 3.30. The smallest absolute Gasteiger partial charge is 0.263 e. The molecule has 0 radical (unpaired) electrons. The Hall–Kier alpha value is -1.62. The van der Waals surface area contributed by atoms with Gasteiger partial charge in [-0.25, -0.2) is 13.4 Å². The number of hydrogen-bond acceptors (Lipinski definition) is 7. The van der Waals surface area contributed by atoms with Crippen LogP contribution in [-0.4, -0.2) is 61.3 Å². The van der Waals surface area contributed by atoms with E-state index in [9.17, 15) is 13.2 Å². The second kappa shape index (κ2) is 9.67. The first-order valence-corrected chi connectivity index (χ1v) is 13.7. The number of nitrogens with zero attached hydrogens (tertiary/aromatic N) is 3. The highest BCUT2D eigenvalue weighted by atomic mass is 32.2. The summed E-state index contributed by atoms with van der Waals surface area (Å²) in [6, 6.07) is 5.49. The molecule has 10 heteroatoms. The van der Waals surface area contributed by atoms with Crippen LogP contribution in [-0.2, 0) is 16.6 Å². The van der Waals surface area contributed by atoms with Crippen molar-refractivity contribution in [3.05, 3.63) is 40.2 Å². The first kappa shape index (κ1) is 21.6. The normalized spacial score (nSPS) is 18.3. The predicted molar refractivity (Wildman–Crippen MR) is 122 cm³/mol. The number of hydrogen-bond donors (Lipinski definition) is 1. The van der Waals surface area contributed by atoms with Crippen LogP contribution in [0.3, 0.4) is 0 Å². The average molecular weight is 467 g/mol. The lowest BCUT2D eigenvalue weighted by atomic mass is 10.1. The van der Waals surface area contributed by atoms with Crippen LogP contribution in [0, 0.1) is 0 Å². The molecule has 162 valence electrons. The van der Waals surface area contributed by atoms with Gasteiger partial charge in [0.2, 0.25) is 10.0 Å². The molecule has 2 saturated heterocycles. The van der Waals surface area contributed by atoms with Crippen molar-refractivity contribution in [3.8, 4) is 0 Å². The van der Waals surface area contributed by atoms with Gasteiger partial charge in [-0.1, -0.05) is 6.07 Å². The standard InChI is InChI=1S/C20H26N4O3S3/c25-20(19-17(6-11-29-19)30(26,27)24-9-12-28-13-10-24)22-15-16-4-5-18(21-14-16)23-7-2-1-3-8-23/h4-6,11,14H,1-3,7-10,12-13,15H2,(H,22,25). The minimum Gasteiger partial charge on any atom is -0.357 e. The maximum atomic E-state index is 13.0. The summed E-state index contributed by atoms with van der Waals surface area (Å²) in [6.45, 7) is 3.35. The summed E-state index contributed by atoms with van der Waals surface area (Å²) in [6.07, 6.45) is 5.45. The van der Waals surface area contributed by atoms with E-state index in [-0.39, 0.29) is 15.7 Å². The molecule has 4 rings (SSSR count). The van der Waals surface area contributed by atoms with Crippen molar-refractivity contribution in [1.82, 2.24) is 14.6 Å². The monoisotopic (exact) mass is 466 g/mol. The zero-order valence-corrected chi connectivity index (χ0v) is 19.2. The second-order valence-electron chi connectivity index (χ2n) is 7.39. The van der Waals surface area contributed by atoms with Crippen molar-refractivity contribution < 1.29 is 13.2 Å². The summed E-state index contributed by atoms with van der Waals surface area (Å²) >= 11 is 2.91. The molecule has 2 aromatic rings. The molecule has 2 aromatic heterocycles. The predicted octanol–water partition coefficient (Wildman–Crippen LogP) is 2.80. The Kier molecular flexibility index (Phi) is 6.97. The Morgan fingerprint density at radius 3 is 2.53 bits per heavy atom. The zero-order valence-electron chi connectivity index (χ0n) is 16.7. The first-order valence-electron chi connectivity index (χ1n) is 10.2. The number of carbonyl (C=O) groups is 1. The van der Waals surface area contributed by atoms with E-state index >= 15 is 0 Å². The molecule has 0 aromatic carbocycles. The first-order chi connectivity index (χ1) is 14.6. The van der Waals surface area contributed by atoms with Crippen molar-refractivity contribution in [2.24, 2.45) is 0 Å². The quantitative estimate of drug-likeness (QED) is 0.705. The van der Waals surface area contributed by atoms with E-state index in [1.165, 1.54) is 29.6 Å². The van der Waals surface area contributed by atoms with Crippen molar-refractivity contribution in [2.45, 2.75) is 30.7 Å². The van der Waals surface area contributed by atoms with Gasteiger partial charge in [-0.15, -0.1) is 11.3 Å². The largest absolute Gasteiger partial charge is 0.357 e. The summed E-state index contributed by atoms with van der Waals surface area (Å²) in [5, 5.41) is 4.51. The van der Waals surface area contributed by atoms with Gasteiger partial charge in [0.1, 0.15) is 15.6 Å². The topological polar surface area (TPSA) is 82.6 Å². The number of pyridine rings is 1. The highest BCUT2D eigenvalue weighted by Crippen LogP contribution is 2.27. The van der Waals surface area contributed by atoms with E-state index in [1.807, 2.05) is 12.1 Å². The number of anilines is 1. The van der Waals surface area contributed by atoms with Crippen LogP contribution in [0.5, 0.6) is 0 Å². The van der Waals surface area contributed by atoms with Gasteiger partial charge >= 0.3 is 0 Å². The Morgan fingerprint density at radius 1 is 1.07 bits per heavy atom. The zero-order chi connectivity index (χ0) is 21.0. The number of nitrogens with one attached hydrogen (secondary N) is 1. The lowest BCUT2D eigenvalue weighted by molar-refractivity contribution is 0.0952. The third-order valence-electron chi connectivity index (χ3n) is 5.37. The van der Waals surface area contributed by atoms with E-state index in [2.05, 4.69) is 15.2 Å². The third kappa shape index (κ3) is 4.82. The minimum atomic E-state index is -3.64. The van der Waals surface area contributed by atoms with Gasteiger partial charge in [0.25, 0.3) is 5.91 Å². The molecule has 0 saturated carbocycles. The van der Waals surface area contributed by atoms with Gasteiger partial charge < -0.3 is 10.2 Å². The molecule has 0 spiro atoms. The molecule has 0 atom stereocenters. The molecule has 4 heterocycles. The molecule has 0 bridgehead atoms. The van der Waals surface area contributed by atoms with Crippen LogP contribution in [0.15, 0.2) is 34.7 Å². The lowest BCUT2D eigenvalue weighted by Gasteiger charge is -2.27. The minimum absolute atomic E-state index is 0.107. The summed E-state index contributed by atoms with van der Waals surface area (Å²) in [5.41, 5.74) is 0.887. The fourth-order valence-electron chi connectivity index (χ4n) is 3.69. The van der Waals surface area contributed by atoms with Crippen molar-refractivity contribution in [1.29, 1.82) is 0 Å². The SMILES string of the molecule is O=C(NCc1ccc(N2CCCCC2)nc1)c1sccc1S(=O)(=O)N1CCSCC1. The van der Waals surface area contributed by atoms with Gasteiger partial charge in [0, 0.05) is 50.4 Å². The number of piperidine rings is 1. The highest BCUT2D eigenvalue weighted by molar-refractivity contribution is 7.99. The van der Waals surface area contributed by atoms with Crippen LogP contribution >= 0.6 is 23.1 Å². The molecule has 2 aliphatic rings.